The summed E-state index contributed by atoms with van der Waals surface area (Å²) in [6, 6.07) is 14.3. The number of hydrogen-bond donors (Lipinski definition) is 1. The van der Waals surface area contributed by atoms with E-state index in [-0.39, 0.29) is 0 Å². The second kappa shape index (κ2) is 8.51. The van der Waals surface area contributed by atoms with E-state index in [1.54, 1.807) is 11.8 Å². The van der Waals surface area contributed by atoms with E-state index in [1.165, 1.54) is 4.90 Å². The Hall–Kier alpha value is -2.44. The maximum atomic E-state index is 11.3. The topological polar surface area (TPSA) is 56.7 Å². The third-order valence-electron chi connectivity index (χ3n) is 5.17. The van der Waals surface area contributed by atoms with Gasteiger partial charge in [-0.15, -0.1) is 0 Å². The van der Waals surface area contributed by atoms with Crippen molar-refractivity contribution < 1.29 is 9.90 Å². The summed E-state index contributed by atoms with van der Waals surface area (Å²) in [5, 5.41) is 12.2. The number of aryl methyl sites for hydroxylation is 1. The maximum absolute atomic E-state index is 11.3. The average Bonchev–Trinajstić information content (AvgIpc) is 2.97. The van der Waals surface area contributed by atoms with Crippen molar-refractivity contribution in [3.8, 4) is 0 Å². The van der Waals surface area contributed by atoms with Gasteiger partial charge in [0.1, 0.15) is 5.82 Å². The van der Waals surface area contributed by atoms with Gasteiger partial charge in [-0.3, -0.25) is 0 Å². The largest absolute Gasteiger partial charge is 0.465 e. The molecule has 2 heterocycles. The number of pyridine rings is 1. The molecule has 1 saturated heterocycles. The van der Waals surface area contributed by atoms with Gasteiger partial charge in [0.05, 0.1) is 5.02 Å². The molecule has 1 amide bonds. The molecule has 3 aromatic rings. The lowest BCUT2D eigenvalue weighted by atomic mass is 10.1. The van der Waals surface area contributed by atoms with E-state index in [4.69, 9.17) is 11.6 Å². The molecule has 29 heavy (non-hydrogen) atoms. The highest BCUT2D eigenvalue weighted by Gasteiger charge is 2.20. The van der Waals surface area contributed by atoms with Crippen molar-refractivity contribution in [3.63, 3.8) is 0 Å². The monoisotopic (exact) mass is 427 g/mol. The fourth-order valence-corrected chi connectivity index (χ4v) is 4.91. The van der Waals surface area contributed by atoms with Gasteiger partial charge in [-0.25, -0.2) is 9.78 Å². The summed E-state index contributed by atoms with van der Waals surface area (Å²) in [6.07, 6.45) is 1.76. The van der Waals surface area contributed by atoms with Crippen LogP contribution in [0.1, 0.15) is 12.0 Å². The van der Waals surface area contributed by atoms with Gasteiger partial charge >= 0.3 is 6.09 Å². The number of amides is 1. The summed E-state index contributed by atoms with van der Waals surface area (Å²) < 4.78 is 0. The Morgan fingerprint density at radius 1 is 1.14 bits per heavy atom. The van der Waals surface area contributed by atoms with Crippen LogP contribution in [0.3, 0.4) is 0 Å². The summed E-state index contributed by atoms with van der Waals surface area (Å²) in [5.41, 5.74) is 1.15. The van der Waals surface area contributed by atoms with Crippen molar-refractivity contribution in [2.75, 3.05) is 31.1 Å². The molecular weight excluding hydrogens is 406 g/mol. The number of fused-ring (bicyclic) bond motifs is 1. The zero-order valence-electron chi connectivity index (χ0n) is 16.1. The van der Waals surface area contributed by atoms with Crippen molar-refractivity contribution in [2.45, 2.75) is 23.1 Å². The van der Waals surface area contributed by atoms with Crippen LogP contribution in [0.25, 0.3) is 10.8 Å². The molecule has 4 rings (SSSR count). The molecule has 1 aromatic heterocycles. The quantitative estimate of drug-likeness (QED) is 0.594. The van der Waals surface area contributed by atoms with Gasteiger partial charge in [-0.05, 0) is 48.6 Å². The van der Waals surface area contributed by atoms with Crippen LogP contribution in [-0.2, 0) is 0 Å². The van der Waals surface area contributed by atoms with Crippen LogP contribution in [0.4, 0.5) is 10.6 Å². The number of halogens is 1. The Bertz CT molecular complexity index is 1040. The van der Waals surface area contributed by atoms with E-state index in [2.05, 4.69) is 41.1 Å². The van der Waals surface area contributed by atoms with Gasteiger partial charge in [-0.1, -0.05) is 41.6 Å². The molecule has 0 unspecified atom stereocenters. The van der Waals surface area contributed by atoms with Gasteiger partial charge in [-0.2, -0.15) is 0 Å². The molecule has 0 bridgehead atoms. The highest BCUT2D eigenvalue weighted by atomic mass is 35.5. The average molecular weight is 428 g/mol. The molecule has 1 fully saturated rings. The van der Waals surface area contributed by atoms with Crippen molar-refractivity contribution in [2.24, 2.45) is 0 Å². The van der Waals surface area contributed by atoms with Crippen molar-refractivity contribution in [1.29, 1.82) is 0 Å². The van der Waals surface area contributed by atoms with E-state index in [0.29, 0.717) is 19.6 Å². The Morgan fingerprint density at radius 2 is 2.00 bits per heavy atom. The van der Waals surface area contributed by atoms with Crippen LogP contribution < -0.4 is 4.90 Å². The lowest BCUT2D eigenvalue weighted by molar-refractivity contribution is 0.148. The molecule has 1 aliphatic rings. The third-order valence-corrected chi connectivity index (χ3v) is 6.83. The number of rotatable bonds is 3. The van der Waals surface area contributed by atoms with Crippen LogP contribution in [0.15, 0.2) is 58.5 Å². The molecule has 2 aromatic carbocycles. The van der Waals surface area contributed by atoms with Gasteiger partial charge < -0.3 is 14.9 Å². The molecule has 1 aliphatic heterocycles. The molecule has 0 aliphatic carbocycles. The summed E-state index contributed by atoms with van der Waals surface area (Å²) in [6.45, 7) is 4.54. The van der Waals surface area contributed by atoms with Crippen LogP contribution >= 0.6 is 23.4 Å². The zero-order valence-corrected chi connectivity index (χ0v) is 17.7. The first-order valence-electron chi connectivity index (χ1n) is 9.57. The molecule has 0 atom stereocenters. The Kier molecular flexibility index (Phi) is 5.83. The van der Waals surface area contributed by atoms with E-state index >= 15 is 0 Å². The number of anilines is 1. The number of hydrogen-bond acceptors (Lipinski definition) is 4. The highest BCUT2D eigenvalue weighted by molar-refractivity contribution is 7.99. The zero-order chi connectivity index (χ0) is 20.4. The van der Waals surface area contributed by atoms with E-state index in [1.807, 2.05) is 24.4 Å². The van der Waals surface area contributed by atoms with Crippen molar-refractivity contribution in [3.05, 3.63) is 59.2 Å². The van der Waals surface area contributed by atoms with Gasteiger partial charge in [0.15, 0.2) is 0 Å². The summed E-state index contributed by atoms with van der Waals surface area (Å²) in [4.78, 5) is 21.8. The minimum absolute atomic E-state index is 0.487. The lowest BCUT2D eigenvalue weighted by Gasteiger charge is -2.23. The first kappa shape index (κ1) is 19.9. The molecule has 150 valence electrons. The number of benzene rings is 2. The maximum Gasteiger partial charge on any atom is 0.407 e. The third kappa shape index (κ3) is 4.28. The SMILES string of the molecule is Cc1cccc(Cl)c1Sc1ccc2ccnc(N3CCCN(C(=O)O)CC3)c2c1. The molecule has 0 saturated carbocycles. The summed E-state index contributed by atoms with van der Waals surface area (Å²) in [7, 11) is 0. The van der Waals surface area contributed by atoms with E-state index in [9.17, 15) is 9.90 Å². The fraction of sp³-hybridized carbons (Fsp3) is 0.273. The summed E-state index contributed by atoms with van der Waals surface area (Å²) >= 11 is 8.07. The van der Waals surface area contributed by atoms with Crippen molar-refractivity contribution in [1.82, 2.24) is 9.88 Å². The van der Waals surface area contributed by atoms with Crippen LogP contribution in [0.5, 0.6) is 0 Å². The van der Waals surface area contributed by atoms with Crippen LogP contribution in [0.2, 0.25) is 5.02 Å². The molecule has 1 N–H and O–H groups in total. The van der Waals surface area contributed by atoms with Crippen molar-refractivity contribution >= 4 is 46.0 Å². The second-order valence-electron chi connectivity index (χ2n) is 7.12. The number of carbonyl (C=O) groups is 1. The minimum Gasteiger partial charge on any atom is -0.465 e. The second-order valence-corrected chi connectivity index (χ2v) is 8.61. The van der Waals surface area contributed by atoms with Crippen LogP contribution in [0, 0.1) is 6.92 Å². The van der Waals surface area contributed by atoms with E-state index < -0.39 is 6.09 Å². The van der Waals surface area contributed by atoms with E-state index in [0.717, 1.165) is 49.9 Å². The first-order valence-corrected chi connectivity index (χ1v) is 10.8. The smallest absolute Gasteiger partial charge is 0.407 e. The lowest BCUT2D eigenvalue weighted by Crippen LogP contribution is -2.34. The predicted octanol–water partition coefficient (Wildman–Crippen LogP) is 5.54. The fourth-order valence-electron chi connectivity index (χ4n) is 3.63. The van der Waals surface area contributed by atoms with Crippen LogP contribution in [-0.4, -0.2) is 47.3 Å². The van der Waals surface area contributed by atoms with Gasteiger partial charge in [0.2, 0.25) is 0 Å². The highest BCUT2D eigenvalue weighted by Crippen LogP contribution is 2.38. The number of aromatic nitrogens is 1. The predicted molar refractivity (Wildman–Crippen MR) is 118 cm³/mol. The molecular formula is C22H22ClN3O2S. The Balaban J connectivity index is 1.67. The Labute approximate surface area is 179 Å². The normalized spacial score (nSPS) is 14.8. The Morgan fingerprint density at radius 3 is 2.79 bits per heavy atom. The molecule has 7 heteroatoms. The molecule has 0 radical (unpaired) electrons. The minimum atomic E-state index is -0.855. The number of nitrogens with zero attached hydrogens (tertiary/aromatic N) is 3. The van der Waals surface area contributed by atoms with Gasteiger partial charge in [0.25, 0.3) is 0 Å². The standard InChI is InChI=1S/C22H22ClN3O2S/c1-15-4-2-5-19(23)20(15)29-17-7-6-16-8-9-24-21(18(16)14-17)25-10-3-11-26(13-12-25)22(27)28/h2,4-9,14H,3,10-13H2,1H3,(H,27,28). The van der Waals surface area contributed by atoms with Gasteiger partial charge in [0, 0.05) is 47.6 Å². The number of carboxylic acid groups (broad SMARTS) is 1. The summed E-state index contributed by atoms with van der Waals surface area (Å²) in [5.74, 6) is 0.910. The molecule has 5 nitrogen and oxygen atoms in total. The molecule has 0 spiro atoms. The first-order chi connectivity index (χ1) is 14.0.